The number of H-pyrrole nitrogens is 1. The second-order valence-electron chi connectivity index (χ2n) is 5.98. The third-order valence-electron chi connectivity index (χ3n) is 4.47. The molecule has 0 spiro atoms. The van der Waals surface area contributed by atoms with Gasteiger partial charge in [0.25, 0.3) is 0 Å². The normalized spacial score (nSPS) is 11.6. The number of methoxy groups -OCH3 is 1. The summed E-state index contributed by atoms with van der Waals surface area (Å²) >= 11 is 0. The van der Waals surface area contributed by atoms with Gasteiger partial charge in [-0.2, -0.15) is 0 Å². The van der Waals surface area contributed by atoms with Crippen molar-refractivity contribution in [1.29, 1.82) is 0 Å². The van der Waals surface area contributed by atoms with Crippen molar-refractivity contribution in [3.63, 3.8) is 0 Å². The molecule has 1 aliphatic rings. The fourth-order valence-corrected chi connectivity index (χ4v) is 3.18. The van der Waals surface area contributed by atoms with Crippen LogP contribution < -0.4 is 10.1 Å². The molecular weight excluding hydrogens is 326 g/mol. The van der Waals surface area contributed by atoms with Gasteiger partial charge in [0.2, 0.25) is 0 Å². The van der Waals surface area contributed by atoms with Gasteiger partial charge in [-0.05, 0) is 42.5 Å². The molecule has 1 aromatic carbocycles. The Morgan fingerprint density at radius 1 is 0.962 bits per heavy atom. The van der Waals surface area contributed by atoms with Crippen LogP contribution in [0.3, 0.4) is 0 Å². The monoisotopic (exact) mass is 341 g/mol. The van der Waals surface area contributed by atoms with Crippen molar-refractivity contribution in [2.24, 2.45) is 0 Å². The molecule has 0 unspecified atom stereocenters. The highest BCUT2D eigenvalue weighted by molar-refractivity contribution is 5.95. The Kier molecular flexibility index (Phi) is 3.21. The molecule has 0 fully saturated rings. The summed E-state index contributed by atoms with van der Waals surface area (Å²) in [6.07, 6.45) is 5.35. The second-order valence-corrected chi connectivity index (χ2v) is 5.98. The smallest absolute Gasteiger partial charge is 0.139 e. The lowest BCUT2D eigenvalue weighted by Gasteiger charge is -2.07. The molecule has 6 nitrogen and oxygen atoms in total. The Morgan fingerprint density at radius 2 is 1.85 bits per heavy atom. The second kappa shape index (κ2) is 5.70. The average molecular weight is 341 g/mol. The van der Waals surface area contributed by atoms with Crippen molar-refractivity contribution >= 4 is 11.5 Å². The summed E-state index contributed by atoms with van der Waals surface area (Å²) in [5.74, 6) is 2.39. The third-order valence-corrected chi connectivity index (χ3v) is 4.47. The van der Waals surface area contributed by atoms with Gasteiger partial charge in [0, 0.05) is 29.1 Å². The molecule has 3 aromatic heterocycles. The number of rotatable bonds is 2. The van der Waals surface area contributed by atoms with Crippen molar-refractivity contribution in [3.8, 4) is 39.7 Å². The molecular formula is C20H15N5O. The molecule has 26 heavy (non-hydrogen) atoms. The molecule has 4 heterocycles. The van der Waals surface area contributed by atoms with Gasteiger partial charge in [0.1, 0.15) is 23.1 Å². The minimum atomic E-state index is 0.772. The van der Waals surface area contributed by atoms with Gasteiger partial charge in [0.05, 0.1) is 24.7 Å². The Bertz CT molecular complexity index is 1040. The van der Waals surface area contributed by atoms with Gasteiger partial charge in [-0.25, -0.2) is 9.97 Å². The number of nitrogens with zero attached hydrogens (tertiary/aromatic N) is 3. The first-order chi connectivity index (χ1) is 12.8. The first-order valence-corrected chi connectivity index (χ1v) is 8.25. The molecule has 6 heteroatoms. The SMILES string of the molecule is COc1ccc(-c2nc3c([nH]2)-c2ccncc2Nc2ncccc2-3)cc1. The summed E-state index contributed by atoms with van der Waals surface area (Å²) in [6.45, 7) is 0. The number of aromatic nitrogens is 4. The number of hydrogen-bond acceptors (Lipinski definition) is 5. The number of benzene rings is 1. The van der Waals surface area contributed by atoms with E-state index in [1.165, 1.54) is 0 Å². The van der Waals surface area contributed by atoms with Gasteiger partial charge < -0.3 is 15.0 Å². The van der Waals surface area contributed by atoms with Gasteiger partial charge >= 0.3 is 0 Å². The van der Waals surface area contributed by atoms with Crippen LogP contribution in [0.4, 0.5) is 11.5 Å². The Balaban J connectivity index is 1.74. The number of ether oxygens (including phenoxy) is 1. The minimum absolute atomic E-state index is 0.772. The van der Waals surface area contributed by atoms with E-state index in [1.807, 2.05) is 42.5 Å². The molecule has 0 bridgehead atoms. The van der Waals surface area contributed by atoms with Crippen LogP contribution in [0.2, 0.25) is 0 Å². The van der Waals surface area contributed by atoms with Crippen molar-refractivity contribution in [3.05, 3.63) is 61.1 Å². The highest BCUT2D eigenvalue weighted by Crippen LogP contribution is 2.42. The van der Waals surface area contributed by atoms with Crippen LogP contribution in [0.1, 0.15) is 0 Å². The molecule has 0 atom stereocenters. The quantitative estimate of drug-likeness (QED) is 0.501. The van der Waals surface area contributed by atoms with Crippen LogP contribution in [-0.2, 0) is 0 Å². The summed E-state index contributed by atoms with van der Waals surface area (Å²) in [7, 11) is 1.66. The molecule has 0 saturated carbocycles. The van der Waals surface area contributed by atoms with E-state index in [-0.39, 0.29) is 0 Å². The lowest BCUT2D eigenvalue weighted by Crippen LogP contribution is -1.95. The summed E-state index contributed by atoms with van der Waals surface area (Å²) in [5.41, 5.74) is 5.68. The fraction of sp³-hybridized carbons (Fsp3) is 0.0500. The number of aromatic amines is 1. The van der Waals surface area contributed by atoms with Crippen molar-refractivity contribution in [2.45, 2.75) is 0 Å². The molecule has 0 amide bonds. The van der Waals surface area contributed by atoms with E-state index in [4.69, 9.17) is 9.72 Å². The maximum absolute atomic E-state index is 5.24. The lowest BCUT2D eigenvalue weighted by molar-refractivity contribution is 0.415. The number of anilines is 2. The molecule has 1 aliphatic heterocycles. The van der Waals surface area contributed by atoms with E-state index in [1.54, 1.807) is 25.7 Å². The lowest BCUT2D eigenvalue weighted by atomic mass is 10.1. The van der Waals surface area contributed by atoms with E-state index in [9.17, 15) is 0 Å². The number of nitrogens with one attached hydrogen (secondary N) is 2. The molecule has 5 rings (SSSR count). The standard InChI is InChI=1S/C20H15N5O/c1-26-13-6-4-12(5-7-13)19-24-17-14-8-10-21-11-16(14)23-20-15(18(17)25-19)3-2-9-22-20/h2-11H,1H3,(H,22,23)(H,24,25). The van der Waals surface area contributed by atoms with Gasteiger partial charge in [-0.3, -0.25) is 4.98 Å². The number of fused-ring (bicyclic) bond motifs is 5. The van der Waals surface area contributed by atoms with Crippen LogP contribution in [-0.4, -0.2) is 27.0 Å². The Labute approximate surface area is 149 Å². The average Bonchev–Trinajstić information content (AvgIpc) is 3.09. The maximum Gasteiger partial charge on any atom is 0.139 e. The van der Waals surface area contributed by atoms with E-state index < -0.39 is 0 Å². The van der Waals surface area contributed by atoms with E-state index in [0.29, 0.717) is 0 Å². The minimum Gasteiger partial charge on any atom is -0.497 e. The van der Waals surface area contributed by atoms with E-state index >= 15 is 0 Å². The van der Waals surface area contributed by atoms with Gasteiger partial charge in [0.15, 0.2) is 0 Å². The number of pyridine rings is 2. The van der Waals surface area contributed by atoms with Crippen molar-refractivity contribution in [2.75, 3.05) is 12.4 Å². The van der Waals surface area contributed by atoms with E-state index in [2.05, 4.69) is 20.3 Å². The van der Waals surface area contributed by atoms with Crippen LogP contribution >= 0.6 is 0 Å². The molecule has 0 aliphatic carbocycles. The molecule has 0 saturated heterocycles. The summed E-state index contributed by atoms with van der Waals surface area (Å²) in [5, 5.41) is 3.36. The molecule has 4 aromatic rings. The van der Waals surface area contributed by atoms with Crippen molar-refractivity contribution < 1.29 is 4.74 Å². The third kappa shape index (κ3) is 2.23. The van der Waals surface area contributed by atoms with Crippen molar-refractivity contribution in [1.82, 2.24) is 19.9 Å². The number of hydrogen-bond donors (Lipinski definition) is 2. The first kappa shape index (κ1) is 14.7. The number of imidazole rings is 1. The summed E-state index contributed by atoms with van der Waals surface area (Å²) in [4.78, 5) is 17.1. The zero-order valence-electron chi connectivity index (χ0n) is 14.0. The topological polar surface area (TPSA) is 75.7 Å². The highest BCUT2D eigenvalue weighted by atomic mass is 16.5. The van der Waals surface area contributed by atoms with Gasteiger partial charge in [-0.1, -0.05) is 0 Å². The predicted molar refractivity (Wildman–Crippen MR) is 100 cm³/mol. The van der Waals surface area contributed by atoms with E-state index in [0.717, 1.165) is 51.2 Å². The maximum atomic E-state index is 5.24. The first-order valence-electron chi connectivity index (χ1n) is 8.25. The zero-order valence-corrected chi connectivity index (χ0v) is 14.0. The Morgan fingerprint density at radius 3 is 2.69 bits per heavy atom. The van der Waals surface area contributed by atoms with Crippen LogP contribution in [0.25, 0.3) is 33.9 Å². The summed E-state index contributed by atoms with van der Waals surface area (Å²) < 4.78 is 5.24. The molecule has 126 valence electrons. The zero-order chi connectivity index (χ0) is 17.5. The summed E-state index contributed by atoms with van der Waals surface area (Å²) in [6, 6.07) is 13.8. The van der Waals surface area contributed by atoms with Crippen LogP contribution in [0.5, 0.6) is 5.75 Å². The molecule has 0 radical (unpaired) electrons. The van der Waals surface area contributed by atoms with Crippen LogP contribution in [0, 0.1) is 0 Å². The fourth-order valence-electron chi connectivity index (χ4n) is 3.18. The largest absolute Gasteiger partial charge is 0.497 e. The Hall–Kier alpha value is -3.67. The predicted octanol–water partition coefficient (Wildman–Crippen LogP) is 4.27. The highest BCUT2D eigenvalue weighted by Gasteiger charge is 2.23. The van der Waals surface area contributed by atoms with Gasteiger partial charge in [-0.15, -0.1) is 0 Å². The molecule has 2 N–H and O–H groups in total. The van der Waals surface area contributed by atoms with Crippen LogP contribution in [0.15, 0.2) is 61.1 Å².